The summed E-state index contributed by atoms with van der Waals surface area (Å²) in [5.74, 6) is -2.23. The third kappa shape index (κ3) is 6.80. The number of hydrogen-bond acceptors (Lipinski definition) is 6. The number of ether oxygens (including phenoxy) is 1. The summed E-state index contributed by atoms with van der Waals surface area (Å²) in [6, 6.07) is 7.90. The number of benzene rings is 2. The highest BCUT2D eigenvalue weighted by Gasteiger charge is 2.28. The van der Waals surface area contributed by atoms with Gasteiger partial charge in [0, 0.05) is 24.9 Å². The molecule has 11 heteroatoms. The van der Waals surface area contributed by atoms with Gasteiger partial charge in [0.1, 0.15) is 24.1 Å². The first-order valence-corrected chi connectivity index (χ1v) is 14.4. The van der Waals surface area contributed by atoms with Gasteiger partial charge in [-0.25, -0.2) is 8.78 Å². The van der Waals surface area contributed by atoms with Crippen LogP contribution in [0.3, 0.4) is 0 Å². The van der Waals surface area contributed by atoms with Crippen molar-refractivity contribution in [3.05, 3.63) is 70.9 Å². The van der Waals surface area contributed by atoms with Crippen LogP contribution in [0.15, 0.2) is 40.8 Å². The van der Waals surface area contributed by atoms with Gasteiger partial charge in [0.25, 0.3) is 5.91 Å². The minimum Gasteiger partial charge on any atom is -0.425 e. The summed E-state index contributed by atoms with van der Waals surface area (Å²) < 4.78 is 39.7. The summed E-state index contributed by atoms with van der Waals surface area (Å²) in [7, 11) is -0.714. The van der Waals surface area contributed by atoms with Crippen LogP contribution in [-0.4, -0.2) is 37.2 Å². The molecule has 1 atom stereocenters. The molecule has 1 unspecified atom stereocenters. The number of hydrogen-bond donors (Lipinski definition) is 2. The highest BCUT2D eigenvalue weighted by molar-refractivity contribution is 6.88. The van der Waals surface area contributed by atoms with Gasteiger partial charge in [-0.2, -0.15) is 0 Å². The number of halogens is 2. The second kappa shape index (κ2) is 10.9. The first-order valence-electron chi connectivity index (χ1n) is 10.9. The molecule has 0 spiro atoms. The van der Waals surface area contributed by atoms with E-state index in [-0.39, 0.29) is 23.2 Å². The Morgan fingerprint density at radius 3 is 2.23 bits per heavy atom. The molecule has 8 nitrogen and oxygen atoms in total. The molecule has 0 saturated heterocycles. The Bertz CT molecular complexity index is 1190. The minimum absolute atomic E-state index is 0.0465. The normalized spacial score (nSPS) is 12.3. The summed E-state index contributed by atoms with van der Waals surface area (Å²) in [6.45, 7) is 7.46. The Hall–Kier alpha value is -3.44. The molecule has 2 N–H and O–H groups in total. The van der Waals surface area contributed by atoms with Crippen LogP contribution in [0.1, 0.15) is 29.0 Å². The first kappa shape index (κ1) is 26.2. The van der Waals surface area contributed by atoms with Gasteiger partial charge in [-0.3, -0.25) is 9.59 Å². The number of anilines is 1. The SMILES string of the molecule is COCc1ccc(C(NC(=O)Cc2nnc(C)o2)C(=O)Nc2cc(F)c([Si](C)(C)C)c(F)c2)cc1. The molecule has 0 fully saturated rings. The van der Waals surface area contributed by atoms with Gasteiger partial charge in [-0.05, 0) is 23.3 Å². The van der Waals surface area contributed by atoms with Crippen LogP contribution in [0.25, 0.3) is 0 Å². The van der Waals surface area contributed by atoms with E-state index in [4.69, 9.17) is 9.15 Å². The lowest BCUT2D eigenvalue weighted by Gasteiger charge is -2.21. The van der Waals surface area contributed by atoms with E-state index in [0.717, 1.165) is 17.7 Å². The number of nitrogens with zero attached hydrogens (tertiary/aromatic N) is 2. The molecule has 0 aliphatic rings. The molecular weight excluding hydrogens is 474 g/mol. The van der Waals surface area contributed by atoms with Gasteiger partial charge < -0.3 is 19.8 Å². The highest BCUT2D eigenvalue weighted by atomic mass is 28.3. The van der Waals surface area contributed by atoms with Crippen LogP contribution in [0, 0.1) is 18.6 Å². The van der Waals surface area contributed by atoms with Gasteiger partial charge in [0.15, 0.2) is 0 Å². The molecule has 3 aromatic rings. The molecule has 186 valence electrons. The Morgan fingerprint density at radius 2 is 1.71 bits per heavy atom. The fraction of sp³-hybridized carbons (Fsp3) is 0.333. The molecule has 0 saturated carbocycles. The average Bonchev–Trinajstić information content (AvgIpc) is 3.15. The first-order chi connectivity index (χ1) is 16.5. The lowest BCUT2D eigenvalue weighted by Crippen LogP contribution is -2.42. The van der Waals surface area contributed by atoms with Crippen molar-refractivity contribution in [1.82, 2.24) is 15.5 Å². The third-order valence-electron chi connectivity index (χ3n) is 5.13. The summed E-state index contributed by atoms with van der Waals surface area (Å²) in [4.78, 5) is 25.8. The minimum atomic E-state index is -2.28. The van der Waals surface area contributed by atoms with Crippen molar-refractivity contribution in [2.24, 2.45) is 0 Å². The summed E-state index contributed by atoms with van der Waals surface area (Å²) in [5, 5.41) is 12.7. The maximum atomic E-state index is 14.7. The van der Waals surface area contributed by atoms with Crippen LogP contribution in [0.2, 0.25) is 19.6 Å². The largest absolute Gasteiger partial charge is 0.425 e. The van der Waals surface area contributed by atoms with E-state index in [1.807, 2.05) is 19.6 Å². The van der Waals surface area contributed by atoms with Crippen molar-refractivity contribution in [3.63, 3.8) is 0 Å². The van der Waals surface area contributed by atoms with Crippen LogP contribution >= 0.6 is 0 Å². The number of aryl methyl sites for hydroxylation is 1. The van der Waals surface area contributed by atoms with Gasteiger partial charge >= 0.3 is 0 Å². The van der Waals surface area contributed by atoms with Crippen molar-refractivity contribution in [3.8, 4) is 0 Å². The molecule has 2 aromatic carbocycles. The number of methoxy groups -OCH3 is 1. The van der Waals surface area contributed by atoms with Crippen LogP contribution in [0.4, 0.5) is 14.5 Å². The average molecular weight is 503 g/mol. The maximum absolute atomic E-state index is 14.7. The molecule has 2 amide bonds. The second-order valence-electron chi connectivity index (χ2n) is 9.12. The van der Waals surface area contributed by atoms with Crippen molar-refractivity contribution < 1.29 is 27.5 Å². The zero-order valence-electron chi connectivity index (χ0n) is 20.2. The van der Waals surface area contributed by atoms with Gasteiger partial charge in [0.2, 0.25) is 17.7 Å². The Balaban J connectivity index is 1.86. The summed E-state index contributed by atoms with van der Waals surface area (Å²) >= 11 is 0. The fourth-order valence-electron chi connectivity index (χ4n) is 3.61. The van der Waals surface area contributed by atoms with Gasteiger partial charge in [-0.15, -0.1) is 10.2 Å². The summed E-state index contributed by atoms with van der Waals surface area (Å²) in [6.07, 6.45) is -0.236. The second-order valence-corrected chi connectivity index (χ2v) is 14.1. The van der Waals surface area contributed by atoms with Crippen molar-refractivity contribution in [1.29, 1.82) is 0 Å². The zero-order chi connectivity index (χ0) is 25.8. The van der Waals surface area contributed by atoms with Crippen LogP contribution in [-0.2, 0) is 27.4 Å². The molecule has 0 radical (unpaired) electrons. The van der Waals surface area contributed by atoms with E-state index in [1.165, 1.54) is 0 Å². The lowest BCUT2D eigenvalue weighted by atomic mass is 10.0. The standard InChI is InChI=1S/C24H28F2N4O4Si/c1-14-29-30-21(34-14)12-20(31)28-22(16-8-6-15(7-9-16)13-33-2)24(32)27-17-10-18(25)23(19(26)11-17)35(3,4)5/h6-11,22H,12-13H2,1-5H3,(H,27,32)(H,28,31). The zero-order valence-corrected chi connectivity index (χ0v) is 21.2. The van der Waals surface area contributed by atoms with Gasteiger partial charge in [-0.1, -0.05) is 43.9 Å². The molecule has 0 aliphatic heterocycles. The fourth-order valence-corrected chi connectivity index (χ4v) is 5.19. The lowest BCUT2D eigenvalue weighted by molar-refractivity contribution is -0.126. The Morgan fingerprint density at radius 1 is 1.09 bits per heavy atom. The quantitative estimate of drug-likeness (QED) is 0.435. The molecule has 0 bridgehead atoms. The van der Waals surface area contributed by atoms with E-state index in [0.29, 0.717) is 18.1 Å². The van der Waals surface area contributed by atoms with Crippen molar-refractivity contribution in [2.45, 2.75) is 45.6 Å². The Labute approximate surface area is 203 Å². The number of aromatic nitrogens is 2. The molecule has 1 aromatic heterocycles. The number of carbonyl (C=O) groups excluding carboxylic acids is 2. The number of nitrogens with one attached hydrogen (secondary N) is 2. The Kier molecular flexibility index (Phi) is 8.13. The highest BCUT2D eigenvalue weighted by Crippen LogP contribution is 2.20. The van der Waals surface area contributed by atoms with Crippen molar-refractivity contribution >= 4 is 30.8 Å². The van der Waals surface area contributed by atoms with E-state index >= 15 is 0 Å². The van der Waals surface area contributed by atoms with E-state index in [1.54, 1.807) is 38.3 Å². The van der Waals surface area contributed by atoms with Crippen LogP contribution in [0.5, 0.6) is 0 Å². The number of amides is 2. The molecule has 35 heavy (non-hydrogen) atoms. The molecular formula is C24H28F2N4O4Si. The van der Waals surface area contributed by atoms with E-state index < -0.39 is 37.6 Å². The predicted molar refractivity (Wildman–Crippen MR) is 129 cm³/mol. The summed E-state index contributed by atoms with van der Waals surface area (Å²) in [5.41, 5.74) is 1.29. The number of rotatable bonds is 9. The smallest absolute Gasteiger partial charge is 0.251 e. The predicted octanol–water partition coefficient (Wildman–Crippen LogP) is 3.39. The van der Waals surface area contributed by atoms with Gasteiger partial charge in [0.05, 0.1) is 14.7 Å². The molecule has 1 heterocycles. The monoisotopic (exact) mass is 502 g/mol. The topological polar surface area (TPSA) is 106 Å². The van der Waals surface area contributed by atoms with Crippen LogP contribution < -0.4 is 15.8 Å². The van der Waals surface area contributed by atoms with E-state index in [9.17, 15) is 18.4 Å². The molecule has 3 rings (SSSR count). The van der Waals surface area contributed by atoms with Crippen molar-refractivity contribution in [2.75, 3.05) is 12.4 Å². The van der Waals surface area contributed by atoms with E-state index in [2.05, 4.69) is 20.8 Å². The molecule has 0 aliphatic carbocycles. The maximum Gasteiger partial charge on any atom is 0.251 e. The third-order valence-corrected chi connectivity index (χ3v) is 7.11. The number of carbonyl (C=O) groups is 2.